The molecule has 1 aromatic heterocycles. The number of pyridine rings is 1. The predicted octanol–water partition coefficient (Wildman–Crippen LogP) is 2.62. The summed E-state index contributed by atoms with van der Waals surface area (Å²) < 4.78 is 0. The first-order valence-electron chi connectivity index (χ1n) is 6.53. The fraction of sp³-hybridized carbons (Fsp3) is 0.643. The molecule has 1 saturated carbocycles. The van der Waals surface area contributed by atoms with Crippen molar-refractivity contribution in [1.82, 2.24) is 10.3 Å². The van der Waals surface area contributed by atoms with Gasteiger partial charge in [0, 0.05) is 12.2 Å². The van der Waals surface area contributed by atoms with E-state index in [-0.39, 0.29) is 0 Å². The van der Waals surface area contributed by atoms with Crippen LogP contribution in [-0.4, -0.2) is 16.6 Å². The van der Waals surface area contributed by atoms with Gasteiger partial charge in [-0.2, -0.15) is 0 Å². The second kappa shape index (κ2) is 5.50. The maximum absolute atomic E-state index is 9.68. The summed E-state index contributed by atoms with van der Waals surface area (Å²) in [5.41, 5.74) is 1.71. The Kier molecular flexibility index (Phi) is 4.00. The minimum Gasteiger partial charge on any atom is -0.506 e. The molecule has 0 aromatic carbocycles. The van der Waals surface area contributed by atoms with Crippen LogP contribution < -0.4 is 5.32 Å². The molecule has 94 valence electrons. The quantitative estimate of drug-likeness (QED) is 0.841. The van der Waals surface area contributed by atoms with E-state index >= 15 is 0 Å². The minimum atomic E-state index is 0.294. The van der Waals surface area contributed by atoms with Gasteiger partial charge < -0.3 is 10.4 Å². The molecule has 0 spiro atoms. The summed E-state index contributed by atoms with van der Waals surface area (Å²) >= 11 is 0. The molecule has 2 rings (SSSR count). The molecule has 2 N–H and O–H groups in total. The van der Waals surface area contributed by atoms with E-state index in [4.69, 9.17) is 0 Å². The average molecular weight is 234 g/mol. The molecule has 2 unspecified atom stereocenters. The zero-order valence-corrected chi connectivity index (χ0v) is 10.7. The van der Waals surface area contributed by atoms with Gasteiger partial charge in [0.15, 0.2) is 0 Å². The van der Waals surface area contributed by atoms with Gasteiger partial charge in [-0.1, -0.05) is 19.8 Å². The second-order valence-corrected chi connectivity index (χ2v) is 5.22. The number of nitrogens with zero attached hydrogens (tertiary/aromatic N) is 1. The molecule has 0 aliphatic heterocycles. The van der Waals surface area contributed by atoms with Crippen molar-refractivity contribution in [3.63, 3.8) is 0 Å². The highest BCUT2D eigenvalue weighted by Crippen LogP contribution is 2.30. The zero-order valence-electron chi connectivity index (χ0n) is 10.7. The van der Waals surface area contributed by atoms with Gasteiger partial charge >= 0.3 is 0 Å². The summed E-state index contributed by atoms with van der Waals surface area (Å²) in [7, 11) is 0. The van der Waals surface area contributed by atoms with Crippen molar-refractivity contribution >= 4 is 0 Å². The van der Waals surface area contributed by atoms with Crippen molar-refractivity contribution in [2.45, 2.75) is 39.7 Å². The Hall–Kier alpha value is -1.09. The first-order valence-corrected chi connectivity index (χ1v) is 6.53. The van der Waals surface area contributed by atoms with Gasteiger partial charge in [-0.15, -0.1) is 0 Å². The number of nitrogens with one attached hydrogen (secondary N) is 1. The molecule has 0 saturated heterocycles. The summed E-state index contributed by atoms with van der Waals surface area (Å²) in [4.78, 5) is 4.34. The molecular formula is C14H22N2O. The molecule has 1 aliphatic rings. The van der Waals surface area contributed by atoms with Crippen molar-refractivity contribution < 1.29 is 5.11 Å². The maximum atomic E-state index is 9.68. The smallest absolute Gasteiger partial charge is 0.138 e. The lowest BCUT2D eigenvalue weighted by Crippen LogP contribution is -2.24. The van der Waals surface area contributed by atoms with Crippen LogP contribution in [0.3, 0.4) is 0 Å². The van der Waals surface area contributed by atoms with Crippen molar-refractivity contribution in [2.75, 3.05) is 6.54 Å². The van der Waals surface area contributed by atoms with E-state index in [0.29, 0.717) is 12.3 Å². The fourth-order valence-electron chi connectivity index (χ4n) is 2.63. The Labute approximate surface area is 103 Å². The number of aromatic hydroxyl groups is 1. The topological polar surface area (TPSA) is 45.1 Å². The first kappa shape index (κ1) is 12.4. The van der Waals surface area contributed by atoms with E-state index in [1.807, 2.05) is 13.0 Å². The van der Waals surface area contributed by atoms with Crippen molar-refractivity contribution in [3.8, 4) is 5.75 Å². The van der Waals surface area contributed by atoms with Crippen LogP contribution in [0.5, 0.6) is 5.75 Å². The molecule has 2 atom stereocenters. The third-order valence-electron chi connectivity index (χ3n) is 3.83. The van der Waals surface area contributed by atoms with Crippen molar-refractivity contribution in [2.24, 2.45) is 11.8 Å². The Balaban J connectivity index is 1.83. The predicted molar refractivity (Wildman–Crippen MR) is 68.9 cm³/mol. The van der Waals surface area contributed by atoms with Gasteiger partial charge in [-0.05, 0) is 43.9 Å². The first-order chi connectivity index (χ1) is 8.16. The second-order valence-electron chi connectivity index (χ2n) is 5.22. The van der Waals surface area contributed by atoms with Crippen LogP contribution in [-0.2, 0) is 6.54 Å². The van der Waals surface area contributed by atoms with Gasteiger partial charge in [0.25, 0.3) is 0 Å². The summed E-state index contributed by atoms with van der Waals surface area (Å²) in [5, 5.41) is 13.1. The van der Waals surface area contributed by atoms with Crippen LogP contribution in [0.2, 0.25) is 0 Å². The Morgan fingerprint density at radius 2 is 2.24 bits per heavy atom. The molecule has 1 heterocycles. The summed E-state index contributed by atoms with van der Waals surface area (Å²) in [6, 6.07) is 3.55. The highest BCUT2D eigenvalue weighted by Gasteiger charge is 2.22. The number of aromatic nitrogens is 1. The van der Waals surface area contributed by atoms with E-state index in [2.05, 4.69) is 17.2 Å². The molecule has 1 aliphatic carbocycles. The lowest BCUT2D eigenvalue weighted by Gasteiger charge is -2.16. The molecule has 1 fully saturated rings. The lowest BCUT2D eigenvalue weighted by atomic mass is 9.98. The van der Waals surface area contributed by atoms with Crippen LogP contribution in [0.15, 0.2) is 12.1 Å². The van der Waals surface area contributed by atoms with Crippen LogP contribution >= 0.6 is 0 Å². The minimum absolute atomic E-state index is 0.294. The van der Waals surface area contributed by atoms with Crippen LogP contribution in [0.1, 0.15) is 37.6 Å². The molecule has 1 aromatic rings. The van der Waals surface area contributed by atoms with Crippen molar-refractivity contribution in [1.29, 1.82) is 0 Å². The molecule has 17 heavy (non-hydrogen) atoms. The van der Waals surface area contributed by atoms with E-state index in [9.17, 15) is 5.11 Å². The Morgan fingerprint density at radius 3 is 2.94 bits per heavy atom. The SMILES string of the molecule is Cc1ccc(O)c(CNCC2CCCC2C)n1. The van der Waals surface area contributed by atoms with E-state index in [0.717, 1.165) is 29.8 Å². The van der Waals surface area contributed by atoms with Crippen LogP contribution in [0.4, 0.5) is 0 Å². The summed E-state index contributed by atoms with van der Waals surface area (Å²) in [6.45, 7) is 5.98. The van der Waals surface area contributed by atoms with Gasteiger partial charge in [0.2, 0.25) is 0 Å². The van der Waals surface area contributed by atoms with E-state index < -0.39 is 0 Å². The highest BCUT2D eigenvalue weighted by atomic mass is 16.3. The maximum Gasteiger partial charge on any atom is 0.138 e. The van der Waals surface area contributed by atoms with Crippen LogP contribution in [0.25, 0.3) is 0 Å². The number of rotatable bonds is 4. The van der Waals surface area contributed by atoms with Gasteiger partial charge in [-0.3, -0.25) is 4.98 Å². The molecule has 0 bridgehead atoms. The monoisotopic (exact) mass is 234 g/mol. The normalized spacial score (nSPS) is 24.1. The third-order valence-corrected chi connectivity index (χ3v) is 3.83. The summed E-state index contributed by atoms with van der Waals surface area (Å²) in [6.07, 6.45) is 4.06. The molecule has 3 heteroatoms. The fourth-order valence-corrected chi connectivity index (χ4v) is 2.63. The van der Waals surface area contributed by atoms with Crippen LogP contribution in [0, 0.1) is 18.8 Å². The standard InChI is InChI=1S/C14H22N2O/c1-10-4-3-5-12(10)8-15-9-13-14(17)7-6-11(2)16-13/h6-7,10,12,15,17H,3-5,8-9H2,1-2H3. The number of hydrogen-bond donors (Lipinski definition) is 2. The molecule has 3 nitrogen and oxygen atoms in total. The summed E-state index contributed by atoms with van der Waals surface area (Å²) in [5.74, 6) is 1.92. The van der Waals surface area contributed by atoms with E-state index in [1.165, 1.54) is 19.3 Å². The largest absolute Gasteiger partial charge is 0.506 e. The number of aryl methyl sites for hydroxylation is 1. The highest BCUT2D eigenvalue weighted by molar-refractivity contribution is 5.27. The molecule has 0 radical (unpaired) electrons. The van der Waals surface area contributed by atoms with E-state index in [1.54, 1.807) is 6.07 Å². The Morgan fingerprint density at radius 1 is 1.41 bits per heavy atom. The zero-order chi connectivity index (χ0) is 12.3. The van der Waals surface area contributed by atoms with Crippen molar-refractivity contribution in [3.05, 3.63) is 23.5 Å². The third kappa shape index (κ3) is 3.19. The molecular weight excluding hydrogens is 212 g/mol. The van der Waals surface area contributed by atoms with Gasteiger partial charge in [-0.25, -0.2) is 0 Å². The van der Waals surface area contributed by atoms with Gasteiger partial charge in [0.1, 0.15) is 5.75 Å². The lowest BCUT2D eigenvalue weighted by molar-refractivity contribution is 0.387. The molecule has 0 amide bonds. The average Bonchev–Trinajstić information content (AvgIpc) is 2.70. The number of hydrogen-bond acceptors (Lipinski definition) is 3. The van der Waals surface area contributed by atoms with Gasteiger partial charge in [0.05, 0.1) is 5.69 Å². The Bertz CT molecular complexity index is 378.